The Morgan fingerprint density at radius 1 is 1.12 bits per heavy atom. The van der Waals surface area contributed by atoms with Gasteiger partial charge < -0.3 is 15.0 Å². The van der Waals surface area contributed by atoms with Gasteiger partial charge in [-0.15, -0.1) is 0 Å². The molecule has 2 aliphatic heterocycles. The summed E-state index contributed by atoms with van der Waals surface area (Å²) in [4.78, 5) is 31.5. The number of ether oxygens (including phenoxy) is 1. The third-order valence-electron chi connectivity index (χ3n) is 5.17. The molecule has 0 saturated carbocycles. The lowest BCUT2D eigenvalue weighted by atomic mass is 10.0. The predicted octanol–water partition coefficient (Wildman–Crippen LogP) is 1.53. The molecule has 7 heteroatoms. The number of likely N-dealkylation sites (tertiary alicyclic amines) is 1. The van der Waals surface area contributed by atoms with Crippen LogP contribution in [0.4, 0.5) is 4.79 Å². The summed E-state index contributed by atoms with van der Waals surface area (Å²) in [6.45, 7) is 13.1. The summed E-state index contributed by atoms with van der Waals surface area (Å²) in [6, 6.07) is -0.121. The first kappa shape index (κ1) is 21.0. The highest BCUT2D eigenvalue weighted by molar-refractivity contribution is 5.86. The van der Waals surface area contributed by atoms with Crippen LogP contribution < -0.4 is 5.32 Å². The predicted molar refractivity (Wildman–Crippen MR) is 102 cm³/mol. The highest BCUT2D eigenvalue weighted by atomic mass is 16.6. The lowest BCUT2D eigenvalue weighted by Gasteiger charge is -2.38. The van der Waals surface area contributed by atoms with Gasteiger partial charge in [-0.2, -0.15) is 0 Å². The molecule has 2 saturated heterocycles. The minimum Gasteiger partial charge on any atom is -0.444 e. The van der Waals surface area contributed by atoms with Crippen LogP contribution in [0.5, 0.6) is 0 Å². The largest absolute Gasteiger partial charge is 0.444 e. The van der Waals surface area contributed by atoms with Crippen molar-refractivity contribution < 1.29 is 14.3 Å². The first-order valence-corrected chi connectivity index (χ1v) is 9.87. The molecule has 7 nitrogen and oxygen atoms in total. The van der Waals surface area contributed by atoms with E-state index in [2.05, 4.69) is 29.1 Å². The zero-order chi connectivity index (χ0) is 19.3. The number of carbonyl (C=O) groups excluding carboxylic acids is 2. The fourth-order valence-corrected chi connectivity index (χ4v) is 3.50. The molecule has 0 aromatic heterocycles. The number of hydrogen-bond donors (Lipinski definition) is 1. The van der Waals surface area contributed by atoms with Crippen molar-refractivity contribution in [3.8, 4) is 0 Å². The topological polar surface area (TPSA) is 65.1 Å². The van der Waals surface area contributed by atoms with Crippen LogP contribution in [0.25, 0.3) is 0 Å². The van der Waals surface area contributed by atoms with Gasteiger partial charge in [0.1, 0.15) is 11.6 Å². The van der Waals surface area contributed by atoms with E-state index in [1.807, 2.05) is 20.8 Å². The molecule has 1 N–H and O–H groups in total. The van der Waals surface area contributed by atoms with Crippen LogP contribution in [0, 0.1) is 0 Å². The smallest absolute Gasteiger partial charge is 0.410 e. The normalized spacial score (nSPS) is 24.2. The molecule has 2 aliphatic rings. The van der Waals surface area contributed by atoms with Gasteiger partial charge in [-0.05, 0) is 54.0 Å². The van der Waals surface area contributed by atoms with Crippen LogP contribution in [-0.4, -0.2) is 90.7 Å². The fraction of sp³-hybridized carbons (Fsp3) is 0.895. The van der Waals surface area contributed by atoms with E-state index in [0.29, 0.717) is 25.6 Å². The van der Waals surface area contributed by atoms with Gasteiger partial charge in [0.05, 0.1) is 0 Å². The lowest BCUT2D eigenvalue weighted by molar-refractivity contribution is -0.127. The van der Waals surface area contributed by atoms with Crippen LogP contribution in [0.15, 0.2) is 0 Å². The molecule has 0 aromatic rings. The Kier molecular flexibility index (Phi) is 7.29. The molecule has 0 aromatic carbocycles. The molecule has 0 aliphatic carbocycles. The van der Waals surface area contributed by atoms with E-state index in [1.54, 1.807) is 4.90 Å². The van der Waals surface area contributed by atoms with Gasteiger partial charge in [-0.1, -0.05) is 0 Å². The summed E-state index contributed by atoms with van der Waals surface area (Å²) in [5.41, 5.74) is -0.550. The third kappa shape index (κ3) is 6.13. The van der Waals surface area contributed by atoms with Crippen molar-refractivity contribution in [2.24, 2.45) is 0 Å². The number of hydrogen-bond acceptors (Lipinski definition) is 5. The van der Waals surface area contributed by atoms with Crippen molar-refractivity contribution in [1.29, 1.82) is 0 Å². The molecule has 26 heavy (non-hydrogen) atoms. The first-order chi connectivity index (χ1) is 12.2. The van der Waals surface area contributed by atoms with Crippen molar-refractivity contribution >= 4 is 12.0 Å². The summed E-state index contributed by atoms with van der Waals surface area (Å²) in [6.07, 6.45) is 2.20. The van der Waals surface area contributed by atoms with Crippen LogP contribution in [0.1, 0.15) is 47.0 Å². The van der Waals surface area contributed by atoms with E-state index >= 15 is 0 Å². The molecule has 2 fully saturated rings. The maximum absolute atomic E-state index is 12.7. The van der Waals surface area contributed by atoms with Gasteiger partial charge >= 0.3 is 6.09 Å². The number of carbonyl (C=O) groups is 2. The summed E-state index contributed by atoms with van der Waals surface area (Å²) in [7, 11) is 2.14. The van der Waals surface area contributed by atoms with Crippen LogP contribution >= 0.6 is 0 Å². The molecule has 2 amide bonds. The Bertz CT molecular complexity index is 484. The molecule has 0 radical (unpaired) electrons. The second-order valence-corrected chi connectivity index (χ2v) is 8.62. The maximum atomic E-state index is 12.7. The van der Waals surface area contributed by atoms with Crippen LogP contribution in [0.3, 0.4) is 0 Å². The summed E-state index contributed by atoms with van der Waals surface area (Å²) in [5, 5.41) is 3.06. The number of nitrogens with zero attached hydrogens (tertiary/aromatic N) is 3. The van der Waals surface area contributed by atoms with Crippen molar-refractivity contribution in [2.75, 3.05) is 46.3 Å². The Morgan fingerprint density at radius 2 is 1.77 bits per heavy atom. The quantitative estimate of drug-likeness (QED) is 0.815. The minimum atomic E-state index is -0.550. The van der Waals surface area contributed by atoms with E-state index in [4.69, 9.17) is 4.74 Å². The van der Waals surface area contributed by atoms with Gasteiger partial charge in [-0.3, -0.25) is 14.6 Å². The van der Waals surface area contributed by atoms with Gasteiger partial charge in [0.2, 0.25) is 5.91 Å². The number of piperidine rings is 1. The number of nitrogens with one attached hydrogen (secondary N) is 1. The molecular formula is C19H36N4O3. The second kappa shape index (κ2) is 9.04. The fourth-order valence-electron chi connectivity index (χ4n) is 3.50. The molecule has 0 bridgehead atoms. The van der Waals surface area contributed by atoms with E-state index < -0.39 is 11.6 Å². The molecule has 150 valence electrons. The standard InChI is InChI=1S/C19H36N4O3/c1-15(22-12-10-21(5)11-13-22)14-20-17(24)16-8-6-7-9-23(16)18(25)26-19(2,3)4/h15-16H,6-14H2,1-5H3,(H,20,24). The first-order valence-electron chi connectivity index (χ1n) is 9.87. The molecular weight excluding hydrogens is 332 g/mol. The zero-order valence-corrected chi connectivity index (χ0v) is 17.1. The zero-order valence-electron chi connectivity index (χ0n) is 17.1. The van der Waals surface area contributed by atoms with E-state index in [0.717, 1.165) is 39.0 Å². The summed E-state index contributed by atoms with van der Waals surface area (Å²) in [5.74, 6) is -0.0588. The Hall–Kier alpha value is -1.34. The molecule has 2 rings (SSSR count). The van der Waals surface area contributed by atoms with Crippen molar-refractivity contribution in [3.63, 3.8) is 0 Å². The monoisotopic (exact) mass is 368 g/mol. The average Bonchev–Trinajstić information content (AvgIpc) is 2.58. The highest BCUT2D eigenvalue weighted by Gasteiger charge is 2.35. The Balaban J connectivity index is 1.86. The Morgan fingerprint density at radius 3 is 2.38 bits per heavy atom. The Labute approximate surface area is 158 Å². The van der Waals surface area contributed by atoms with E-state index in [9.17, 15) is 9.59 Å². The van der Waals surface area contributed by atoms with Crippen LogP contribution in [-0.2, 0) is 9.53 Å². The van der Waals surface area contributed by atoms with Crippen LogP contribution in [0.2, 0.25) is 0 Å². The van der Waals surface area contributed by atoms with E-state index in [-0.39, 0.29) is 12.0 Å². The van der Waals surface area contributed by atoms with Crippen molar-refractivity contribution in [2.45, 2.75) is 64.6 Å². The maximum Gasteiger partial charge on any atom is 0.410 e. The lowest BCUT2D eigenvalue weighted by Crippen LogP contribution is -2.55. The number of rotatable bonds is 4. The molecule has 0 spiro atoms. The number of likely N-dealkylation sites (N-methyl/N-ethyl adjacent to an activating group) is 1. The van der Waals surface area contributed by atoms with Crippen molar-refractivity contribution in [1.82, 2.24) is 20.0 Å². The summed E-state index contributed by atoms with van der Waals surface area (Å²) >= 11 is 0. The van der Waals surface area contributed by atoms with Crippen molar-refractivity contribution in [3.05, 3.63) is 0 Å². The second-order valence-electron chi connectivity index (χ2n) is 8.62. The molecule has 2 atom stereocenters. The van der Waals surface area contributed by atoms with E-state index in [1.165, 1.54) is 0 Å². The minimum absolute atomic E-state index is 0.0588. The number of amides is 2. The summed E-state index contributed by atoms with van der Waals surface area (Å²) < 4.78 is 5.48. The van der Waals surface area contributed by atoms with Gasteiger partial charge in [0, 0.05) is 45.3 Å². The van der Waals surface area contributed by atoms with Gasteiger partial charge in [0.25, 0.3) is 0 Å². The van der Waals surface area contributed by atoms with Gasteiger partial charge in [-0.25, -0.2) is 4.79 Å². The third-order valence-corrected chi connectivity index (χ3v) is 5.17. The number of piperazine rings is 1. The average molecular weight is 369 g/mol. The SMILES string of the molecule is CC(CNC(=O)C1CCCCN1C(=O)OC(C)(C)C)N1CCN(C)CC1. The highest BCUT2D eigenvalue weighted by Crippen LogP contribution is 2.20. The molecule has 2 heterocycles. The molecule has 2 unspecified atom stereocenters. The van der Waals surface area contributed by atoms with Gasteiger partial charge in [0.15, 0.2) is 0 Å².